The highest BCUT2D eigenvalue weighted by Gasteiger charge is 2.17. The largest absolute Gasteiger partial charge is 0.299 e. The number of carbonyl (C=O) groups is 2. The Hall–Kier alpha value is -1.18. The van der Waals surface area contributed by atoms with Crippen LogP contribution in [-0.2, 0) is 9.59 Å². The van der Waals surface area contributed by atoms with E-state index >= 15 is 0 Å². The van der Waals surface area contributed by atoms with Crippen molar-refractivity contribution in [1.29, 1.82) is 0 Å². The number of hydrogen-bond acceptors (Lipinski definition) is 2. The molecule has 0 spiro atoms. The second-order valence-corrected chi connectivity index (χ2v) is 2.88. The van der Waals surface area contributed by atoms with Gasteiger partial charge in [0, 0.05) is 12.0 Å². The maximum atomic E-state index is 11.2. The molecule has 1 aliphatic carbocycles. The molecule has 2 heteroatoms. The zero-order chi connectivity index (χ0) is 9.14. The van der Waals surface area contributed by atoms with Crippen molar-refractivity contribution in [1.82, 2.24) is 0 Å². The van der Waals surface area contributed by atoms with E-state index in [9.17, 15) is 9.59 Å². The van der Waals surface area contributed by atoms with E-state index in [2.05, 4.69) is 0 Å². The van der Waals surface area contributed by atoms with Crippen LogP contribution in [0.15, 0.2) is 23.8 Å². The molecule has 12 heavy (non-hydrogen) atoms. The maximum Gasteiger partial charge on any atom is 0.159 e. The van der Waals surface area contributed by atoms with Gasteiger partial charge in [-0.15, -0.1) is 0 Å². The van der Waals surface area contributed by atoms with Crippen molar-refractivity contribution < 1.29 is 9.59 Å². The lowest BCUT2D eigenvalue weighted by Crippen LogP contribution is -2.06. The first-order valence-electron chi connectivity index (χ1n) is 4.08. The van der Waals surface area contributed by atoms with Crippen LogP contribution in [0.25, 0.3) is 0 Å². The lowest BCUT2D eigenvalue weighted by molar-refractivity contribution is -0.120. The predicted octanol–water partition coefficient (Wildman–Crippen LogP) is 1.67. The Kier molecular flexibility index (Phi) is 2.58. The molecule has 1 aliphatic rings. The summed E-state index contributed by atoms with van der Waals surface area (Å²) in [4.78, 5) is 22.0. The van der Waals surface area contributed by atoms with E-state index in [0.717, 1.165) is 0 Å². The molecular formula is C10H12O2. The molecule has 0 radical (unpaired) electrons. The minimum atomic E-state index is -0.158. The minimum absolute atomic E-state index is 0.0256. The molecule has 0 heterocycles. The maximum absolute atomic E-state index is 11.2. The third-order valence-electron chi connectivity index (χ3n) is 1.97. The van der Waals surface area contributed by atoms with Gasteiger partial charge in [-0.3, -0.25) is 9.59 Å². The molecule has 0 aromatic carbocycles. The van der Waals surface area contributed by atoms with Crippen LogP contribution in [0, 0.1) is 5.92 Å². The summed E-state index contributed by atoms with van der Waals surface area (Å²) in [5.74, 6) is 0.0362. The second-order valence-electron chi connectivity index (χ2n) is 2.88. The van der Waals surface area contributed by atoms with E-state index in [-0.39, 0.29) is 17.5 Å². The zero-order valence-electron chi connectivity index (χ0n) is 7.33. The van der Waals surface area contributed by atoms with Crippen molar-refractivity contribution in [3.63, 3.8) is 0 Å². The van der Waals surface area contributed by atoms with Gasteiger partial charge in [0.2, 0.25) is 0 Å². The number of ketones is 2. The molecule has 64 valence electrons. The van der Waals surface area contributed by atoms with Crippen molar-refractivity contribution in [2.75, 3.05) is 0 Å². The summed E-state index contributed by atoms with van der Waals surface area (Å²) in [6, 6.07) is 0. The fourth-order valence-corrected chi connectivity index (χ4v) is 1.18. The van der Waals surface area contributed by atoms with Gasteiger partial charge >= 0.3 is 0 Å². The first kappa shape index (κ1) is 8.91. The van der Waals surface area contributed by atoms with Crippen LogP contribution in [0.4, 0.5) is 0 Å². The summed E-state index contributed by atoms with van der Waals surface area (Å²) in [6.45, 7) is 3.34. The molecule has 0 amide bonds. The van der Waals surface area contributed by atoms with Gasteiger partial charge in [0.05, 0.1) is 5.92 Å². The summed E-state index contributed by atoms with van der Waals surface area (Å²) in [6.07, 6.45) is 5.76. The SMILES string of the molecule is CCC(=O)C1C=CC(C(C)=O)=C1. The van der Waals surface area contributed by atoms with Crippen LogP contribution in [0.1, 0.15) is 20.3 Å². The third-order valence-corrected chi connectivity index (χ3v) is 1.97. The van der Waals surface area contributed by atoms with E-state index < -0.39 is 0 Å². The minimum Gasteiger partial charge on any atom is -0.299 e. The van der Waals surface area contributed by atoms with E-state index in [1.54, 1.807) is 18.2 Å². The molecule has 1 rings (SSSR count). The lowest BCUT2D eigenvalue weighted by Gasteiger charge is -1.99. The monoisotopic (exact) mass is 164 g/mol. The third kappa shape index (κ3) is 1.70. The fraction of sp³-hybridized carbons (Fsp3) is 0.400. The Morgan fingerprint density at radius 3 is 2.58 bits per heavy atom. The van der Waals surface area contributed by atoms with Crippen molar-refractivity contribution in [3.05, 3.63) is 23.8 Å². The van der Waals surface area contributed by atoms with Crippen LogP contribution >= 0.6 is 0 Å². The Balaban J connectivity index is 2.73. The molecule has 0 fully saturated rings. The molecule has 0 N–H and O–H groups in total. The fourth-order valence-electron chi connectivity index (χ4n) is 1.18. The molecule has 0 bridgehead atoms. The Morgan fingerprint density at radius 2 is 2.17 bits per heavy atom. The van der Waals surface area contributed by atoms with Crippen molar-refractivity contribution in [2.24, 2.45) is 5.92 Å². The predicted molar refractivity (Wildman–Crippen MR) is 46.7 cm³/mol. The molecule has 1 unspecified atom stereocenters. The summed E-state index contributed by atoms with van der Waals surface area (Å²) >= 11 is 0. The summed E-state index contributed by atoms with van der Waals surface area (Å²) < 4.78 is 0. The zero-order valence-corrected chi connectivity index (χ0v) is 7.33. The van der Waals surface area contributed by atoms with E-state index in [4.69, 9.17) is 0 Å². The lowest BCUT2D eigenvalue weighted by atomic mass is 10.0. The number of Topliss-reactive ketones (excluding diaryl/α,β-unsaturated/α-hetero) is 2. The summed E-state index contributed by atoms with van der Waals surface area (Å²) in [5, 5.41) is 0. The number of carbonyl (C=O) groups excluding carboxylic acids is 2. The van der Waals surface area contributed by atoms with Crippen LogP contribution in [0.3, 0.4) is 0 Å². The second kappa shape index (κ2) is 3.48. The Labute approximate surface area is 72.0 Å². The van der Waals surface area contributed by atoms with Gasteiger partial charge in [-0.25, -0.2) is 0 Å². The van der Waals surface area contributed by atoms with E-state index in [0.29, 0.717) is 12.0 Å². The number of hydrogen-bond donors (Lipinski definition) is 0. The van der Waals surface area contributed by atoms with Gasteiger partial charge in [0.1, 0.15) is 5.78 Å². The molecule has 2 nitrogen and oxygen atoms in total. The number of allylic oxidation sites excluding steroid dienone is 4. The van der Waals surface area contributed by atoms with Gasteiger partial charge in [0.15, 0.2) is 5.78 Å². The molecular weight excluding hydrogens is 152 g/mol. The van der Waals surface area contributed by atoms with E-state index in [1.165, 1.54) is 6.92 Å². The average Bonchev–Trinajstić information content (AvgIpc) is 2.51. The van der Waals surface area contributed by atoms with Gasteiger partial charge < -0.3 is 0 Å². The Morgan fingerprint density at radius 1 is 1.50 bits per heavy atom. The molecule has 0 aliphatic heterocycles. The van der Waals surface area contributed by atoms with Gasteiger partial charge in [-0.05, 0) is 6.92 Å². The highest BCUT2D eigenvalue weighted by atomic mass is 16.1. The molecule has 0 saturated heterocycles. The first-order valence-corrected chi connectivity index (χ1v) is 4.08. The first-order chi connectivity index (χ1) is 5.65. The quantitative estimate of drug-likeness (QED) is 0.635. The van der Waals surface area contributed by atoms with Crippen molar-refractivity contribution in [3.8, 4) is 0 Å². The smallest absolute Gasteiger partial charge is 0.159 e. The summed E-state index contributed by atoms with van der Waals surface area (Å²) in [5.41, 5.74) is 0.654. The molecule has 0 saturated carbocycles. The molecule has 1 atom stereocenters. The normalized spacial score (nSPS) is 20.8. The van der Waals surface area contributed by atoms with Crippen LogP contribution in [0.5, 0.6) is 0 Å². The highest BCUT2D eigenvalue weighted by Crippen LogP contribution is 2.18. The topological polar surface area (TPSA) is 34.1 Å². The van der Waals surface area contributed by atoms with Crippen LogP contribution < -0.4 is 0 Å². The van der Waals surface area contributed by atoms with Crippen LogP contribution in [-0.4, -0.2) is 11.6 Å². The van der Waals surface area contributed by atoms with Crippen molar-refractivity contribution >= 4 is 11.6 Å². The molecule has 0 aromatic rings. The van der Waals surface area contributed by atoms with Gasteiger partial charge in [0.25, 0.3) is 0 Å². The number of rotatable bonds is 3. The van der Waals surface area contributed by atoms with Gasteiger partial charge in [-0.2, -0.15) is 0 Å². The highest BCUT2D eigenvalue weighted by molar-refractivity contribution is 5.99. The molecule has 0 aromatic heterocycles. The van der Waals surface area contributed by atoms with E-state index in [1.807, 2.05) is 6.92 Å². The average molecular weight is 164 g/mol. The van der Waals surface area contributed by atoms with Gasteiger partial charge in [-0.1, -0.05) is 25.2 Å². The standard InChI is InChI=1S/C10H12O2/c1-3-10(12)9-5-4-8(6-9)7(2)11/h4-6,9H,3H2,1-2H3. The summed E-state index contributed by atoms with van der Waals surface area (Å²) in [7, 11) is 0. The van der Waals surface area contributed by atoms with Crippen LogP contribution in [0.2, 0.25) is 0 Å². The Bertz CT molecular complexity index is 272. The van der Waals surface area contributed by atoms with Crippen molar-refractivity contribution in [2.45, 2.75) is 20.3 Å².